The molecule has 0 amide bonds. The van der Waals surface area contributed by atoms with Crippen LogP contribution in [0.3, 0.4) is 0 Å². The second-order valence-electron chi connectivity index (χ2n) is 4.74. The molecule has 0 fully saturated rings. The number of nitrogens with one attached hydrogen (secondary N) is 2. The van der Waals surface area contributed by atoms with E-state index in [-0.39, 0.29) is 29.5 Å². The van der Waals surface area contributed by atoms with Crippen molar-refractivity contribution in [2.75, 3.05) is 13.1 Å². The topological polar surface area (TPSA) is 62.4 Å². The molecule has 5 heteroatoms. The zero-order valence-electron chi connectivity index (χ0n) is 10.4. The minimum Gasteiger partial charge on any atom is -0.370 e. The highest BCUT2D eigenvalue weighted by Gasteiger charge is 2.06. The summed E-state index contributed by atoms with van der Waals surface area (Å²) in [6, 6.07) is 0.342. The SMILES string of the molecule is CC(C)NC(N)=NCCNC(C)(C)C.I. The molecule has 92 valence electrons. The summed E-state index contributed by atoms with van der Waals surface area (Å²) in [5.41, 5.74) is 5.78. The van der Waals surface area contributed by atoms with Gasteiger partial charge in [-0.1, -0.05) is 0 Å². The summed E-state index contributed by atoms with van der Waals surface area (Å²) < 4.78 is 0. The Hall–Kier alpha value is -0.0400. The van der Waals surface area contributed by atoms with Gasteiger partial charge in [0.1, 0.15) is 0 Å². The number of hydrogen-bond donors (Lipinski definition) is 3. The summed E-state index contributed by atoms with van der Waals surface area (Å²) in [6.45, 7) is 12.0. The average molecular weight is 328 g/mol. The van der Waals surface area contributed by atoms with Gasteiger partial charge in [-0.3, -0.25) is 4.99 Å². The summed E-state index contributed by atoms with van der Waals surface area (Å²) in [4.78, 5) is 4.19. The fraction of sp³-hybridized carbons (Fsp3) is 0.900. The maximum atomic E-state index is 5.64. The van der Waals surface area contributed by atoms with Gasteiger partial charge in [0.25, 0.3) is 0 Å². The number of halogens is 1. The lowest BCUT2D eigenvalue weighted by Crippen LogP contribution is -2.39. The van der Waals surface area contributed by atoms with E-state index in [1.165, 1.54) is 0 Å². The molecule has 0 spiro atoms. The van der Waals surface area contributed by atoms with E-state index in [0.717, 1.165) is 6.54 Å². The van der Waals surface area contributed by atoms with Gasteiger partial charge in [-0.25, -0.2) is 0 Å². The van der Waals surface area contributed by atoms with Gasteiger partial charge in [0.15, 0.2) is 5.96 Å². The van der Waals surface area contributed by atoms with Crippen LogP contribution in [0.1, 0.15) is 34.6 Å². The monoisotopic (exact) mass is 328 g/mol. The molecule has 4 N–H and O–H groups in total. The molecule has 0 saturated heterocycles. The molecule has 0 unspecified atom stereocenters. The Balaban J connectivity index is 0. The summed E-state index contributed by atoms with van der Waals surface area (Å²) in [6.07, 6.45) is 0. The van der Waals surface area contributed by atoms with Gasteiger partial charge in [0.05, 0.1) is 6.54 Å². The van der Waals surface area contributed by atoms with E-state index < -0.39 is 0 Å². The molecular weight excluding hydrogens is 303 g/mol. The highest BCUT2D eigenvalue weighted by Crippen LogP contribution is 1.96. The Morgan fingerprint density at radius 2 is 1.87 bits per heavy atom. The molecule has 0 rings (SSSR count). The predicted octanol–water partition coefficient (Wildman–Crippen LogP) is 1.31. The van der Waals surface area contributed by atoms with Crippen LogP contribution in [0.2, 0.25) is 0 Å². The lowest BCUT2D eigenvalue weighted by Gasteiger charge is -2.19. The normalized spacial score (nSPS) is 12.5. The fourth-order valence-corrected chi connectivity index (χ4v) is 0.949. The van der Waals surface area contributed by atoms with Gasteiger partial charge >= 0.3 is 0 Å². The first-order valence-corrected chi connectivity index (χ1v) is 5.13. The molecule has 0 radical (unpaired) electrons. The molecule has 0 aromatic heterocycles. The number of rotatable bonds is 4. The maximum Gasteiger partial charge on any atom is 0.188 e. The highest BCUT2D eigenvalue weighted by molar-refractivity contribution is 14.0. The maximum absolute atomic E-state index is 5.64. The van der Waals surface area contributed by atoms with Crippen molar-refractivity contribution < 1.29 is 0 Å². The van der Waals surface area contributed by atoms with E-state index in [9.17, 15) is 0 Å². The Morgan fingerprint density at radius 1 is 1.33 bits per heavy atom. The lowest BCUT2D eigenvalue weighted by molar-refractivity contribution is 0.432. The van der Waals surface area contributed by atoms with Gasteiger partial charge in [-0.2, -0.15) is 0 Å². The molecule has 0 aromatic rings. The van der Waals surface area contributed by atoms with Crippen molar-refractivity contribution in [2.45, 2.75) is 46.2 Å². The van der Waals surface area contributed by atoms with Crippen LogP contribution in [-0.4, -0.2) is 30.6 Å². The van der Waals surface area contributed by atoms with Crippen molar-refractivity contribution in [2.24, 2.45) is 10.7 Å². The molecular formula is C10H25IN4. The van der Waals surface area contributed by atoms with Gasteiger partial charge < -0.3 is 16.4 Å². The van der Waals surface area contributed by atoms with Crippen LogP contribution in [0.5, 0.6) is 0 Å². The smallest absolute Gasteiger partial charge is 0.188 e. The summed E-state index contributed by atoms with van der Waals surface area (Å²) in [5, 5.41) is 6.38. The van der Waals surface area contributed by atoms with Gasteiger partial charge in [0, 0.05) is 18.1 Å². The van der Waals surface area contributed by atoms with E-state index in [0.29, 0.717) is 18.5 Å². The van der Waals surface area contributed by atoms with Crippen LogP contribution >= 0.6 is 24.0 Å². The van der Waals surface area contributed by atoms with Crippen LogP contribution in [0, 0.1) is 0 Å². The summed E-state index contributed by atoms with van der Waals surface area (Å²) >= 11 is 0. The van der Waals surface area contributed by atoms with Gasteiger partial charge in [0.2, 0.25) is 0 Å². The van der Waals surface area contributed by atoms with Crippen molar-refractivity contribution in [3.63, 3.8) is 0 Å². The third-order valence-electron chi connectivity index (χ3n) is 1.49. The average Bonchev–Trinajstić information content (AvgIpc) is 1.95. The van der Waals surface area contributed by atoms with E-state index in [4.69, 9.17) is 5.73 Å². The third kappa shape index (κ3) is 14.0. The number of nitrogens with two attached hydrogens (primary N) is 1. The molecule has 0 saturated carbocycles. The molecule has 15 heavy (non-hydrogen) atoms. The minimum absolute atomic E-state index is 0. The largest absolute Gasteiger partial charge is 0.370 e. The van der Waals surface area contributed by atoms with Crippen LogP contribution < -0.4 is 16.4 Å². The molecule has 0 aromatic carbocycles. The fourth-order valence-electron chi connectivity index (χ4n) is 0.949. The lowest BCUT2D eigenvalue weighted by atomic mass is 10.1. The van der Waals surface area contributed by atoms with Crippen molar-refractivity contribution >= 4 is 29.9 Å². The third-order valence-corrected chi connectivity index (χ3v) is 1.49. The van der Waals surface area contributed by atoms with Crippen LogP contribution in [-0.2, 0) is 0 Å². The van der Waals surface area contributed by atoms with Crippen LogP contribution in [0.4, 0.5) is 0 Å². The van der Waals surface area contributed by atoms with Crippen LogP contribution in [0.25, 0.3) is 0 Å². The number of hydrogen-bond acceptors (Lipinski definition) is 2. The van der Waals surface area contributed by atoms with E-state index >= 15 is 0 Å². The first-order chi connectivity index (χ1) is 6.31. The minimum atomic E-state index is 0. The van der Waals surface area contributed by atoms with E-state index in [2.05, 4.69) is 36.4 Å². The molecule has 0 aliphatic carbocycles. The van der Waals surface area contributed by atoms with E-state index in [1.807, 2.05) is 13.8 Å². The first kappa shape index (κ1) is 17.4. The van der Waals surface area contributed by atoms with Crippen LogP contribution in [0.15, 0.2) is 4.99 Å². The molecule has 0 aliphatic rings. The summed E-state index contributed by atoms with van der Waals surface area (Å²) in [5.74, 6) is 0.524. The van der Waals surface area contributed by atoms with Gasteiger partial charge in [-0.15, -0.1) is 24.0 Å². The zero-order chi connectivity index (χ0) is 11.2. The summed E-state index contributed by atoms with van der Waals surface area (Å²) in [7, 11) is 0. The molecule has 0 aliphatic heterocycles. The molecule has 0 heterocycles. The van der Waals surface area contributed by atoms with Crippen molar-refractivity contribution in [1.29, 1.82) is 0 Å². The second-order valence-corrected chi connectivity index (χ2v) is 4.74. The number of nitrogens with zero attached hydrogens (tertiary/aromatic N) is 1. The standard InChI is InChI=1S/C10H24N4.HI/c1-8(2)14-9(11)12-6-7-13-10(3,4)5;/h8,13H,6-7H2,1-5H3,(H3,11,12,14);1H. The predicted molar refractivity (Wildman–Crippen MR) is 77.9 cm³/mol. The molecule has 0 bridgehead atoms. The Labute approximate surface area is 111 Å². The van der Waals surface area contributed by atoms with Crippen molar-refractivity contribution in [3.8, 4) is 0 Å². The first-order valence-electron chi connectivity index (χ1n) is 5.13. The highest BCUT2D eigenvalue weighted by atomic mass is 127. The number of guanidine groups is 1. The second kappa shape index (κ2) is 8.15. The Morgan fingerprint density at radius 3 is 2.27 bits per heavy atom. The van der Waals surface area contributed by atoms with Crippen molar-refractivity contribution in [1.82, 2.24) is 10.6 Å². The Bertz CT molecular complexity index is 184. The number of aliphatic imine (C=N–C) groups is 1. The quantitative estimate of drug-likeness (QED) is 0.316. The molecule has 4 nitrogen and oxygen atoms in total. The zero-order valence-corrected chi connectivity index (χ0v) is 12.8. The van der Waals surface area contributed by atoms with E-state index in [1.54, 1.807) is 0 Å². The van der Waals surface area contributed by atoms with Gasteiger partial charge in [-0.05, 0) is 34.6 Å². The van der Waals surface area contributed by atoms with Crippen molar-refractivity contribution in [3.05, 3.63) is 0 Å². The Kier molecular flexibility index (Phi) is 9.43. The molecule has 0 atom stereocenters.